The zero-order valence-corrected chi connectivity index (χ0v) is 8.98. The molecule has 1 aromatic heterocycles. The van der Waals surface area contributed by atoms with E-state index in [2.05, 4.69) is 4.98 Å². The zero-order chi connectivity index (χ0) is 10.8. The van der Waals surface area contributed by atoms with E-state index in [1.54, 1.807) is 0 Å². The van der Waals surface area contributed by atoms with E-state index in [1.807, 2.05) is 5.43 Å². The molecule has 3 N–H and O–H groups in total. The maximum absolute atomic E-state index is 11.0. The Kier molecular flexibility index (Phi) is 3.19. The SMILES string of the molecule is CS(=O)(=O)Cc1ncc(C(=O)NN)s1. The normalized spacial score (nSPS) is 11.3. The van der Waals surface area contributed by atoms with Crippen LogP contribution in [0.1, 0.15) is 14.7 Å². The summed E-state index contributed by atoms with van der Waals surface area (Å²) in [6, 6.07) is 0. The van der Waals surface area contributed by atoms with Crippen molar-refractivity contribution in [1.82, 2.24) is 10.4 Å². The van der Waals surface area contributed by atoms with Crippen LogP contribution in [0.25, 0.3) is 0 Å². The van der Waals surface area contributed by atoms with Gasteiger partial charge in [0.05, 0.1) is 6.20 Å². The summed E-state index contributed by atoms with van der Waals surface area (Å²) < 4.78 is 21.8. The molecule has 0 unspecified atom stereocenters. The number of aromatic nitrogens is 1. The van der Waals surface area contributed by atoms with Gasteiger partial charge in [0, 0.05) is 6.26 Å². The van der Waals surface area contributed by atoms with Crippen LogP contribution < -0.4 is 11.3 Å². The molecule has 0 aliphatic carbocycles. The second kappa shape index (κ2) is 4.03. The molecule has 1 rings (SSSR count). The average Bonchev–Trinajstić information content (AvgIpc) is 2.48. The van der Waals surface area contributed by atoms with Crippen molar-refractivity contribution in [3.8, 4) is 0 Å². The third kappa shape index (κ3) is 3.05. The van der Waals surface area contributed by atoms with Gasteiger partial charge in [0.15, 0.2) is 9.84 Å². The van der Waals surface area contributed by atoms with Crippen LogP contribution in [-0.2, 0) is 15.6 Å². The number of nitrogens with zero attached hydrogens (tertiary/aromatic N) is 1. The molecule has 0 atom stereocenters. The predicted molar refractivity (Wildman–Crippen MR) is 52.3 cm³/mol. The molecule has 1 amide bonds. The van der Waals surface area contributed by atoms with Crippen molar-refractivity contribution >= 4 is 27.1 Å². The Bertz CT molecular complexity index is 437. The maximum atomic E-state index is 11.0. The first kappa shape index (κ1) is 11.1. The van der Waals surface area contributed by atoms with E-state index >= 15 is 0 Å². The Morgan fingerprint density at radius 2 is 2.36 bits per heavy atom. The molecule has 0 fully saturated rings. The van der Waals surface area contributed by atoms with Crippen LogP contribution in [0.3, 0.4) is 0 Å². The lowest BCUT2D eigenvalue weighted by atomic mass is 10.5. The summed E-state index contributed by atoms with van der Waals surface area (Å²) in [6.07, 6.45) is 2.41. The van der Waals surface area contributed by atoms with Crippen LogP contribution in [0.4, 0.5) is 0 Å². The summed E-state index contributed by atoms with van der Waals surface area (Å²) in [5.41, 5.74) is 1.94. The van der Waals surface area contributed by atoms with Crippen molar-refractivity contribution in [2.24, 2.45) is 5.84 Å². The molecule has 0 aliphatic rings. The van der Waals surface area contributed by atoms with Crippen LogP contribution in [0.15, 0.2) is 6.20 Å². The third-order valence-corrected chi connectivity index (χ3v) is 3.27. The third-order valence-electron chi connectivity index (χ3n) is 1.29. The highest BCUT2D eigenvalue weighted by atomic mass is 32.2. The standard InChI is InChI=1S/C6H9N3O3S2/c1-14(11,12)3-5-8-2-4(13-5)6(10)9-7/h2H,3,7H2,1H3,(H,9,10). The molecule has 1 heterocycles. The van der Waals surface area contributed by atoms with Crippen molar-refractivity contribution in [3.05, 3.63) is 16.1 Å². The fraction of sp³-hybridized carbons (Fsp3) is 0.333. The van der Waals surface area contributed by atoms with E-state index < -0.39 is 15.7 Å². The van der Waals surface area contributed by atoms with Gasteiger partial charge in [0.1, 0.15) is 15.6 Å². The number of carbonyl (C=O) groups is 1. The Balaban J connectivity index is 2.84. The molecular weight excluding hydrogens is 226 g/mol. The summed E-state index contributed by atoms with van der Waals surface area (Å²) in [6.45, 7) is 0. The van der Waals surface area contributed by atoms with Crippen molar-refractivity contribution < 1.29 is 13.2 Å². The van der Waals surface area contributed by atoms with Gasteiger partial charge in [0.25, 0.3) is 5.91 Å². The molecule has 0 saturated carbocycles. The summed E-state index contributed by atoms with van der Waals surface area (Å²) in [5, 5.41) is 0.381. The second-order valence-electron chi connectivity index (χ2n) is 2.66. The number of nitrogen functional groups attached to an aromatic ring is 1. The minimum atomic E-state index is -3.11. The number of thiazole rings is 1. The second-order valence-corrected chi connectivity index (χ2v) is 5.92. The highest BCUT2D eigenvalue weighted by Crippen LogP contribution is 2.14. The summed E-state index contributed by atoms with van der Waals surface area (Å²) in [4.78, 5) is 15.1. The van der Waals surface area contributed by atoms with Gasteiger partial charge in [0.2, 0.25) is 0 Å². The van der Waals surface area contributed by atoms with Gasteiger partial charge in [-0.1, -0.05) is 0 Å². The quantitative estimate of drug-likeness (QED) is 0.409. The molecular formula is C6H9N3O3S2. The minimum absolute atomic E-state index is 0.157. The van der Waals surface area contributed by atoms with Crippen molar-refractivity contribution in [1.29, 1.82) is 0 Å². The molecule has 0 spiro atoms. The Labute approximate surface area is 85.0 Å². The van der Waals surface area contributed by atoms with Crippen LogP contribution in [0, 0.1) is 0 Å². The molecule has 0 bridgehead atoms. The number of amides is 1. The predicted octanol–water partition coefficient (Wildman–Crippen LogP) is -0.709. The fourth-order valence-electron chi connectivity index (χ4n) is 0.777. The van der Waals surface area contributed by atoms with E-state index in [0.717, 1.165) is 17.6 Å². The Hall–Kier alpha value is -0.990. The number of sulfone groups is 1. The lowest BCUT2D eigenvalue weighted by Gasteiger charge is -1.92. The first-order chi connectivity index (χ1) is 6.42. The molecule has 0 radical (unpaired) electrons. The number of carbonyl (C=O) groups excluding carboxylic acids is 1. The van der Waals surface area contributed by atoms with Gasteiger partial charge in [-0.3, -0.25) is 10.2 Å². The highest BCUT2D eigenvalue weighted by Gasteiger charge is 2.12. The van der Waals surface area contributed by atoms with Crippen LogP contribution >= 0.6 is 11.3 Å². The van der Waals surface area contributed by atoms with Crippen molar-refractivity contribution in [2.45, 2.75) is 5.75 Å². The topological polar surface area (TPSA) is 102 Å². The van der Waals surface area contributed by atoms with Gasteiger partial charge in [-0.05, 0) is 0 Å². The Morgan fingerprint density at radius 3 is 2.86 bits per heavy atom. The summed E-state index contributed by atoms with van der Waals surface area (Å²) in [5.74, 6) is 4.27. The van der Waals surface area contributed by atoms with E-state index in [9.17, 15) is 13.2 Å². The van der Waals surface area contributed by atoms with Gasteiger partial charge in [-0.25, -0.2) is 19.2 Å². The molecule has 1 aromatic rings. The van der Waals surface area contributed by atoms with E-state index in [0.29, 0.717) is 9.88 Å². The number of nitrogens with two attached hydrogens (primary N) is 1. The van der Waals surface area contributed by atoms with Gasteiger partial charge in [-0.2, -0.15) is 0 Å². The minimum Gasteiger partial charge on any atom is -0.289 e. The number of hydrazine groups is 1. The molecule has 14 heavy (non-hydrogen) atoms. The monoisotopic (exact) mass is 235 g/mol. The smallest absolute Gasteiger partial charge is 0.276 e. The lowest BCUT2D eigenvalue weighted by Crippen LogP contribution is -2.29. The molecule has 78 valence electrons. The molecule has 0 saturated heterocycles. The van der Waals surface area contributed by atoms with Gasteiger partial charge in [-0.15, -0.1) is 11.3 Å². The van der Waals surface area contributed by atoms with Gasteiger partial charge >= 0.3 is 0 Å². The van der Waals surface area contributed by atoms with Crippen molar-refractivity contribution in [2.75, 3.05) is 6.26 Å². The maximum Gasteiger partial charge on any atom is 0.276 e. The molecule has 6 nitrogen and oxygen atoms in total. The summed E-state index contributed by atoms with van der Waals surface area (Å²) in [7, 11) is -3.11. The molecule has 0 aromatic carbocycles. The average molecular weight is 235 g/mol. The first-order valence-electron chi connectivity index (χ1n) is 3.56. The van der Waals surface area contributed by atoms with E-state index in [4.69, 9.17) is 5.84 Å². The van der Waals surface area contributed by atoms with E-state index in [1.165, 1.54) is 6.20 Å². The first-order valence-corrected chi connectivity index (χ1v) is 6.43. The summed E-state index contributed by atoms with van der Waals surface area (Å²) >= 11 is 1.01. The molecule has 8 heteroatoms. The zero-order valence-electron chi connectivity index (χ0n) is 7.35. The fourth-order valence-corrected chi connectivity index (χ4v) is 2.79. The lowest BCUT2D eigenvalue weighted by molar-refractivity contribution is 0.0957. The largest absolute Gasteiger partial charge is 0.289 e. The van der Waals surface area contributed by atoms with Gasteiger partial charge < -0.3 is 0 Å². The van der Waals surface area contributed by atoms with Crippen molar-refractivity contribution in [3.63, 3.8) is 0 Å². The van der Waals surface area contributed by atoms with Crippen LogP contribution in [0.5, 0.6) is 0 Å². The highest BCUT2D eigenvalue weighted by molar-refractivity contribution is 7.90. The number of hydrogen-bond acceptors (Lipinski definition) is 6. The van der Waals surface area contributed by atoms with E-state index in [-0.39, 0.29) is 5.75 Å². The number of hydrogen-bond donors (Lipinski definition) is 2. The Morgan fingerprint density at radius 1 is 1.71 bits per heavy atom. The number of rotatable bonds is 3. The number of nitrogens with one attached hydrogen (secondary N) is 1. The van der Waals surface area contributed by atoms with Crippen LogP contribution in [-0.4, -0.2) is 25.6 Å². The molecule has 0 aliphatic heterocycles. The van der Waals surface area contributed by atoms with Crippen LogP contribution in [0.2, 0.25) is 0 Å².